The lowest BCUT2D eigenvalue weighted by molar-refractivity contribution is -0.117. The molecule has 6 heteroatoms. The highest BCUT2D eigenvalue weighted by Crippen LogP contribution is 2.28. The maximum Gasteiger partial charge on any atom is 0.186 e. The Morgan fingerprint density at radius 1 is 0.933 bits per heavy atom. The van der Waals surface area contributed by atoms with Gasteiger partial charge in [-0.05, 0) is 0 Å². The first kappa shape index (κ1) is 13.6. The van der Waals surface area contributed by atoms with Crippen molar-refractivity contribution >= 4 is 23.5 Å². The van der Waals surface area contributed by atoms with Crippen LogP contribution in [0.5, 0.6) is 0 Å². The Kier molecular flexibility index (Phi) is 7.03. The van der Waals surface area contributed by atoms with E-state index in [0.717, 1.165) is 11.5 Å². The summed E-state index contributed by atoms with van der Waals surface area (Å²) in [7, 11) is 0. The van der Waals surface area contributed by atoms with Gasteiger partial charge in [-0.1, -0.05) is 0 Å². The Morgan fingerprint density at radius 3 is 1.80 bits per heavy atom. The number of rotatable bonds is 8. The van der Waals surface area contributed by atoms with Gasteiger partial charge in [-0.25, -0.2) is 0 Å². The molecule has 1 heterocycles. The van der Waals surface area contributed by atoms with Crippen LogP contribution in [0.3, 0.4) is 0 Å². The van der Waals surface area contributed by atoms with Gasteiger partial charge in [0.1, 0.15) is 0 Å². The average Bonchev–Trinajstić information content (AvgIpc) is 2.68. The van der Waals surface area contributed by atoms with Crippen molar-refractivity contribution in [2.45, 2.75) is 5.79 Å². The lowest BCUT2D eigenvalue weighted by Crippen LogP contribution is -2.36. The van der Waals surface area contributed by atoms with Crippen molar-refractivity contribution in [2.24, 2.45) is 0 Å². The van der Waals surface area contributed by atoms with Gasteiger partial charge < -0.3 is 19.7 Å². The fourth-order valence-electron chi connectivity index (χ4n) is 1.29. The standard InChI is InChI=1S/C9H18O4S2/c10-1-5-14-7-9(8-15-6-2-11)12-3-4-13-9/h10-11H,1-8H2. The molecule has 1 saturated heterocycles. The molecule has 4 nitrogen and oxygen atoms in total. The summed E-state index contributed by atoms with van der Waals surface area (Å²) < 4.78 is 11.2. The average molecular weight is 254 g/mol. The number of hydrogen-bond donors (Lipinski definition) is 2. The summed E-state index contributed by atoms with van der Waals surface area (Å²) in [5, 5.41) is 17.4. The van der Waals surface area contributed by atoms with Crippen LogP contribution in [0, 0.1) is 0 Å². The van der Waals surface area contributed by atoms with Crippen molar-refractivity contribution in [3.8, 4) is 0 Å². The van der Waals surface area contributed by atoms with Crippen LogP contribution in [0.2, 0.25) is 0 Å². The van der Waals surface area contributed by atoms with E-state index in [0.29, 0.717) is 24.7 Å². The molecule has 0 radical (unpaired) electrons. The van der Waals surface area contributed by atoms with E-state index in [1.54, 1.807) is 23.5 Å². The normalized spacial score (nSPS) is 19.6. The number of aliphatic hydroxyl groups is 2. The third-order valence-corrected chi connectivity index (χ3v) is 4.16. The molecule has 0 aromatic carbocycles. The van der Waals surface area contributed by atoms with Gasteiger partial charge in [0.15, 0.2) is 5.79 Å². The molecule has 0 bridgehead atoms. The second-order valence-corrected chi connectivity index (χ2v) is 5.37. The fourth-order valence-corrected chi connectivity index (χ4v) is 3.13. The second kappa shape index (κ2) is 7.76. The maximum absolute atomic E-state index is 8.70. The molecule has 0 aliphatic carbocycles. The number of ether oxygens (including phenoxy) is 2. The van der Waals surface area contributed by atoms with Gasteiger partial charge in [0, 0.05) is 23.0 Å². The van der Waals surface area contributed by atoms with E-state index in [1.165, 1.54) is 0 Å². The van der Waals surface area contributed by atoms with Crippen LogP contribution < -0.4 is 0 Å². The molecule has 0 unspecified atom stereocenters. The van der Waals surface area contributed by atoms with E-state index in [9.17, 15) is 0 Å². The minimum Gasteiger partial charge on any atom is -0.396 e. The van der Waals surface area contributed by atoms with Gasteiger partial charge >= 0.3 is 0 Å². The molecule has 0 amide bonds. The molecule has 0 aromatic heterocycles. The lowest BCUT2D eigenvalue weighted by atomic mass is 10.4. The third-order valence-electron chi connectivity index (χ3n) is 1.93. The number of hydrogen-bond acceptors (Lipinski definition) is 6. The van der Waals surface area contributed by atoms with E-state index in [2.05, 4.69) is 0 Å². The fraction of sp³-hybridized carbons (Fsp3) is 1.00. The topological polar surface area (TPSA) is 58.9 Å². The number of aliphatic hydroxyl groups excluding tert-OH is 2. The molecule has 1 fully saturated rings. The second-order valence-electron chi connectivity index (χ2n) is 3.16. The molecule has 1 aliphatic rings. The van der Waals surface area contributed by atoms with Crippen LogP contribution in [0.15, 0.2) is 0 Å². The van der Waals surface area contributed by atoms with Gasteiger partial charge in [0.25, 0.3) is 0 Å². The minimum atomic E-state index is -0.500. The quantitative estimate of drug-likeness (QED) is 0.603. The molecule has 1 rings (SSSR count). The zero-order chi connectivity index (χ0) is 11.0. The van der Waals surface area contributed by atoms with E-state index >= 15 is 0 Å². The molecule has 0 atom stereocenters. The summed E-state index contributed by atoms with van der Waals surface area (Å²) in [6.07, 6.45) is 0. The van der Waals surface area contributed by atoms with E-state index in [1.807, 2.05) is 0 Å². The van der Waals surface area contributed by atoms with Crippen LogP contribution >= 0.6 is 23.5 Å². The Hall–Kier alpha value is 0.540. The monoisotopic (exact) mass is 254 g/mol. The summed E-state index contributed by atoms with van der Waals surface area (Å²) in [6, 6.07) is 0. The first-order valence-electron chi connectivity index (χ1n) is 4.98. The Balaban J connectivity index is 2.26. The van der Waals surface area contributed by atoms with Crippen molar-refractivity contribution in [3.05, 3.63) is 0 Å². The van der Waals surface area contributed by atoms with Crippen LogP contribution in [-0.2, 0) is 9.47 Å². The highest BCUT2D eigenvalue weighted by atomic mass is 32.2. The first-order chi connectivity index (χ1) is 7.33. The summed E-state index contributed by atoms with van der Waals surface area (Å²) in [6.45, 7) is 1.65. The molecule has 0 saturated carbocycles. The van der Waals surface area contributed by atoms with Crippen molar-refractivity contribution in [1.82, 2.24) is 0 Å². The Labute approximate surface area is 98.7 Å². The third kappa shape index (κ3) is 4.93. The van der Waals surface area contributed by atoms with Gasteiger partial charge in [-0.3, -0.25) is 0 Å². The summed E-state index contributed by atoms with van der Waals surface area (Å²) in [5.74, 6) is 2.40. The summed E-state index contributed by atoms with van der Waals surface area (Å²) in [5.41, 5.74) is 0. The van der Waals surface area contributed by atoms with Crippen LogP contribution in [-0.4, -0.2) is 65.4 Å². The Morgan fingerprint density at radius 2 is 1.40 bits per heavy atom. The van der Waals surface area contributed by atoms with E-state index in [-0.39, 0.29) is 13.2 Å². The van der Waals surface area contributed by atoms with Gasteiger partial charge in [-0.2, -0.15) is 23.5 Å². The molecular formula is C9H18O4S2. The van der Waals surface area contributed by atoms with Crippen LogP contribution in [0.4, 0.5) is 0 Å². The minimum absolute atomic E-state index is 0.185. The lowest BCUT2D eigenvalue weighted by Gasteiger charge is -2.26. The highest BCUT2D eigenvalue weighted by molar-refractivity contribution is 8.00. The molecule has 0 aromatic rings. The predicted molar refractivity (Wildman–Crippen MR) is 63.5 cm³/mol. The van der Waals surface area contributed by atoms with Gasteiger partial charge in [0.2, 0.25) is 0 Å². The zero-order valence-electron chi connectivity index (χ0n) is 8.68. The summed E-state index contributed by atoms with van der Waals surface area (Å²) in [4.78, 5) is 0. The van der Waals surface area contributed by atoms with Gasteiger partial charge in [0.05, 0.1) is 26.4 Å². The molecule has 0 spiro atoms. The smallest absolute Gasteiger partial charge is 0.186 e. The molecule has 90 valence electrons. The van der Waals surface area contributed by atoms with Crippen LogP contribution in [0.25, 0.3) is 0 Å². The van der Waals surface area contributed by atoms with Crippen molar-refractivity contribution < 1.29 is 19.7 Å². The largest absolute Gasteiger partial charge is 0.396 e. The predicted octanol–water partition coefficient (Wildman–Crippen LogP) is 0.180. The zero-order valence-corrected chi connectivity index (χ0v) is 10.3. The van der Waals surface area contributed by atoms with E-state index < -0.39 is 5.79 Å². The van der Waals surface area contributed by atoms with Crippen LogP contribution in [0.1, 0.15) is 0 Å². The first-order valence-corrected chi connectivity index (χ1v) is 7.29. The Bertz CT molecular complexity index is 150. The molecule has 15 heavy (non-hydrogen) atoms. The maximum atomic E-state index is 8.70. The van der Waals surface area contributed by atoms with Gasteiger partial charge in [-0.15, -0.1) is 0 Å². The van der Waals surface area contributed by atoms with Crippen molar-refractivity contribution in [1.29, 1.82) is 0 Å². The van der Waals surface area contributed by atoms with E-state index in [4.69, 9.17) is 19.7 Å². The molecule has 2 N–H and O–H groups in total. The molecular weight excluding hydrogens is 236 g/mol. The summed E-state index contributed by atoms with van der Waals surface area (Å²) >= 11 is 3.26. The SMILES string of the molecule is OCCSCC1(CSCCO)OCCO1. The number of thioether (sulfide) groups is 2. The van der Waals surface area contributed by atoms with Crippen molar-refractivity contribution in [2.75, 3.05) is 49.4 Å². The van der Waals surface area contributed by atoms with Crippen molar-refractivity contribution in [3.63, 3.8) is 0 Å². The molecule has 1 aliphatic heterocycles. The highest BCUT2D eigenvalue weighted by Gasteiger charge is 2.36.